The Morgan fingerprint density at radius 2 is 1.95 bits per heavy atom. The number of anilines is 1. The van der Waals surface area contributed by atoms with Gasteiger partial charge in [0.05, 0.1) is 10.1 Å². The first-order chi connectivity index (χ1) is 9.13. The molecule has 0 fully saturated rings. The number of nitrogens with one attached hydrogen (secondary N) is 1. The Hall–Kier alpha value is -1.07. The number of carbonyl (C=O) groups is 1. The number of fused-ring (bicyclic) bond motifs is 1. The maximum absolute atomic E-state index is 11.9. The van der Waals surface area contributed by atoms with Crippen LogP contribution in [0.2, 0.25) is 0 Å². The number of hydrogen-bond acceptors (Lipinski definition) is 3. The van der Waals surface area contributed by atoms with E-state index in [1.807, 2.05) is 6.07 Å². The first-order valence-electron chi connectivity index (χ1n) is 6.39. The predicted molar refractivity (Wildman–Crippen MR) is 80.9 cm³/mol. The molecule has 20 heavy (non-hydrogen) atoms. The van der Waals surface area contributed by atoms with Gasteiger partial charge in [-0.05, 0) is 37.5 Å². The number of benzene rings is 1. The van der Waals surface area contributed by atoms with E-state index in [0.29, 0.717) is 12.8 Å². The van der Waals surface area contributed by atoms with E-state index in [4.69, 9.17) is 11.6 Å². The normalized spacial score (nSPS) is 17.3. The summed E-state index contributed by atoms with van der Waals surface area (Å²) in [6.07, 6.45) is 2.29. The maximum atomic E-state index is 11.9. The van der Waals surface area contributed by atoms with Crippen molar-refractivity contribution in [3.8, 4) is 0 Å². The second-order valence-electron chi connectivity index (χ2n) is 5.70. The number of aryl methyl sites for hydroxylation is 1. The summed E-state index contributed by atoms with van der Waals surface area (Å²) in [5, 5.41) is 2.16. The quantitative estimate of drug-likeness (QED) is 0.872. The Balaban J connectivity index is 2.38. The molecule has 1 atom stereocenters. The molecule has 1 aromatic carbocycles. The summed E-state index contributed by atoms with van der Waals surface area (Å²) in [5.41, 5.74) is 2.54. The monoisotopic (exact) mass is 315 g/mol. The van der Waals surface area contributed by atoms with Gasteiger partial charge in [0.1, 0.15) is 0 Å². The van der Waals surface area contributed by atoms with E-state index < -0.39 is 20.0 Å². The van der Waals surface area contributed by atoms with E-state index in [2.05, 4.69) is 5.32 Å². The Bertz CT molecular complexity index is 652. The van der Waals surface area contributed by atoms with Crippen LogP contribution in [-0.2, 0) is 21.1 Å². The topological polar surface area (TPSA) is 63.2 Å². The van der Waals surface area contributed by atoms with E-state index in [0.717, 1.165) is 16.8 Å². The number of halogens is 1. The van der Waals surface area contributed by atoms with Crippen LogP contribution in [0.15, 0.2) is 18.2 Å². The van der Waals surface area contributed by atoms with Crippen molar-refractivity contribution < 1.29 is 13.2 Å². The van der Waals surface area contributed by atoms with Crippen molar-refractivity contribution in [2.75, 3.05) is 11.6 Å². The van der Waals surface area contributed by atoms with E-state index in [-0.39, 0.29) is 5.91 Å². The molecule has 4 nitrogen and oxygen atoms in total. The molecule has 1 unspecified atom stereocenters. The van der Waals surface area contributed by atoms with Gasteiger partial charge in [-0.2, -0.15) is 0 Å². The number of hydrogen-bond donors (Lipinski definition) is 1. The molecule has 2 rings (SSSR count). The van der Waals surface area contributed by atoms with Crippen LogP contribution in [0.25, 0.3) is 0 Å². The molecule has 0 aromatic heterocycles. The number of sulfone groups is 1. The Morgan fingerprint density at radius 3 is 2.55 bits per heavy atom. The molecule has 1 heterocycles. The minimum Gasteiger partial charge on any atom is -0.326 e. The third-order valence-electron chi connectivity index (χ3n) is 3.88. The largest absolute Gasteiger partial charge is 0.326 e. The van der Waals surface area contributed by atoms with Crippen molar-refractivity contribution in [2.24, 2.45) is 0 Å². The fourth-order valence-corrected chi connectivity index (χ4v) is 3.28. The number of carbonyl (C=O) groups excluding carboxylic acids is 1. The molecule has 0 spiro atoms. The molecule has 6 heteroatoms. The van der Waals surface area contributed by atoms with Crippen LogP contribution in [0, 0.1) is 0 Å². The summed E-state index contributed by atoms with van der Waals surface area (Å²) >= 11 is 6.39. The van der Waals surface area contributed by atoms with Crippen LogP contribution < -0.4 is 5.32 Å². The van der Waals surface area contributed by atoms with Gasteiger partial charge in [-0.25, -0.2) is 8.42 Å². The summed E-state index contributed by atoms with van der Waals surface area (Å²) in [6, 6.07) is 5.45. The second kappa shape index (κ2) is 5.04. The zero-order chi connectivity index (χ0) is 15.1. The Labute approximate surface area is 124 Å². The number of amides is 1. The van der Waals surface area contributed by atoms with Gasteiger partial charge in [0, 0.05) is 18.4 Å². The average Bonchev–Trinajstić information content (AvgIpc) is 2.35. The fraction of sp³-hybridized carbons (Fsp3) is 0.500. The van der Waals surface area contributed by atoms with Crippen molar-refractivity contribution in [3.63, 3.8) is 0 Å². The molecule has 1 aliphatic heterocycles. The molecule has 0 aliphatic carbocycles. The first-order valence-corrected chi connectivity index (χ1v) is 8.72. The number of alkyl halides is 1. The van der Waals surface area contributed by atoms with Crippen molar-refractivity contribution in [1.29, 1.82) is 0 Å². The molecule has 1 amide bonds. The predicted octanol–water partition coefficient (Wildman–Crippen LogP) is 2.67. The standard InChI is InChI=1S/C14H18ClNO3S/c1-14(2,20(3,18)19)13(15)10-4-6-11-9(8-10)5-7-12(17)16-11/h4,6,8,13H,5,7H2,1-3H3,(H,16,17). The minimum absolute atomic E-state index is 0.00383. The molecule has 0 radical (unpaired) electrons. The van der Waals surface area contributed by atoms with E-state index in [9.17, 15) is 13.2 Å². The third-order valence-corrected chi connectivity index (χ3v) is 6.96. The molecule has 1 aromatic rings. The SMILES string of the molecule is CC(C)(C(Cl)c1ccc2c(c1)CCC(=O)N2)S(C)(=O)=O. The lowest BCUT2D eigenvalue weighted by atomic mass is 9.95. The van der Waals surface area contributed by atoms with Crippen LogP contribution >= 0.6 is 11.6 Å². The van der Waals surface area contributed by atoms with E-state index in [1.54, 1.807) is 26.0 Å². The molecule has 110 valence electrons. The summed E-state index contributed by atoms with van der Waals surface area (Å²) in [5.74, 6) is 0.00383. The van der Waals surface area contributed by atoms with Gasteiger partial charge < -0.3 is 5.32 Å². The summed E-state index contributed by atoms with van der Waals surface area (Å²) in [6.45, 7) is 3.25. The summed E-state index contributed by atoms with van der Waals surface area (Å²) in [7, 11) is -3.28. The minimum atomic E-state index is -3.28. The van der Waals surface area contributed by atoms with Gasteiger partial charge in [0.15, 0.2) is 9.84 Å². The van der Waals surface area contributed by atoms with E-state index >= 15 is 0 Å². The van der Waals surface area contributed by atoms with Crippen LogP contribution in [-0.4, -0.2) is 25.3 Å². The lowest BCUT2D eigenvalue weighted by molar-refractivity contribution is -0.116. The molecule has 1 aliphatic rings. The second-order valence-corrected chi connectivity index (χ2v) is 8.74. The Kier molecular flexibility index (Phi) is 3.86. The van der Waals surface area contributed by atoms with Gasteiger partial charge in [0.25, 0.3) is 0 Å². The highest BCUT2D eigenvalue weighted by Gasteiger charge is 2.39. The molecule has 0 bridgehead atoms. The lowest BCUT2D eigenvalue weighted by Gasteiger charge is -2.29. The van der Waals surface area contributed by atoms with Gasteiger partial charge in [-0.1, -0.05) is 12.1 Å². The van der Waals surface area contributed by atoms with Gasteiger partial charge in [0.2, 0.25) is 5.91 Å². The smallest absolute Gasteiger partial charge is 0.224 e. The average molecular weight is 316 g/mol. The van der Waals surface area contributed by atoms with Crippen molar-refractivity contribution in [2.45, 2.75) is 36.8 Å². The van der Waals surface area contributed by atoms with Gasteiger partial charge in [-0.3, -0.25) is 4.79 Å². The summed E-state index contributed by atoms with van der Waals surface area (Å²) in [4.78, 5) is 11.3. The van der Waals surface area contributed by atoms with Crippen molar-refractivity contribution in [1.82, 2.24) is 0 Å². The molecule has 0 saturated carbocycles. The molecular weight excluding hydrogens is 298 g/mol. The van der Waals surface area contributed by atoms with Gasteiger partial charge >= 0.3 is 0 Å². The highest BCUT2D eigenvalue weighted by atomic mass is 35.5. The zero-order valence-corrected chi connectivity index (χ0v) is 13.3. The van der Waals surface area contributed by atoms with Crippen LogP contribution in [0.3, 0.4) is 0 Å². The lowest BCUT2D eigenvalue weighted by Crippen LogP contribution is -2.35. The zero-order valence-electron chi connectivity index (χ0n) is 11.7. The van der Waals surface area contributed by atoms with Crippen molar-refractivity contribution >= 4 is 33.0 Å². The Morgan fingerprint density at radius 1 is 1.30 bits per heavy atom. The van der Waals surface area contributed by atoms with E-state index in [1.165, 1.54) is 6.26 Å². The highest BCUT2D eigenvalue weighted by Crippen LogP contribution is 2.39. The van der Waals surface area contributed by atoms with Gasteiger partial charge in [-0.15, -0.1) is 11.6 Å². The molecular formula is C14H18ClNO3S. The van der Waals surface area contributed by atoms with Crippen LogP contribution in [0.1, 0.15) is 36.8 Å². The third kappa shape index (κ3) is 2.69. The first kappa shape index (κ1) is 15.3. The molecule has 0 saturated heterocycles. The number of rotatable bonds is 3. The fourth-order valence-electron chi connectivity index (χ4n) is 2.15. The highest BCUT2D eigenvalue weighted by molar-refractivity contribution is 7.92. The van der Waals surface area contributed by atoms with Crippen LogP contribution in [0.5, 0.6) is 0 Å². The summed E-state index contributed by atoms with van der Waals surface area (Å²) < 4.78 is 22.7. The van der Waals surface area contributed by atoms with Crippen molar-refractivity contribution in [3.05, 3.63) is 29.3 Å². The maximum Gasteiger partial charge on any atom is 0.224 e. The molecule has 1 N–H and O–H groups in total. The van der Waals surface area contributed by atoms with Crippen LogP contribution in [0.4, 0.5) is 5.69 Å².